The molecular formula is C21H26N4O5S. The molecule has 2 aromatic rings. The van der Waals surface area contributed by atoms with Crippen molar-refractivity contribution in [2.45, 2.75) is 51.5 Å². The van der Waals surface area contributed by atoms with Gasteiger partial charge in [0, 0.05) is 13.0 Å². The van der Waals surface area contributed by atoms with E-state index >= 15 is 0 Å². The highest BCUT2D eigenvalue weighted by Gasteiger charge is 2.41. The van der Waals surface area contributed by atoms with Crippen LogP contribution in [-0.4, -0.2) is 57.7 Å². The number of hydrogen-bond acceptors (Lipinski definition) is 7. The van der Waals surface area contributed by atoms with Crippen LogP contribution in [-0.2, 0) is 14.3 Å². The summed E-state index contributed by atoms with van der Waals surface area (Å²) in [5.41, 5.74) is 9.70. The normalized spacial score (nSPS) is 20.2. The third-order valence-electron chi connectivity index (χ3n) is 5.28. The highest BCUT2D eigenvalue weighted by molar-refractivity contribution is 7.13. The first-order valence-electron chi connectivity index (χ1n) is 9.92. The molecule has 0 aliphatic carbocycles. The SMILES string of the molecule is Cc1ncsc1-c1ccc(C(C)NC(=O)[C@@H]2C[C@@H](O)CN2C(=O)C(C)OC(N)=O)cc1. The van der Waals surface area contributed by atoms with Crippen LogP contribution < -0.4 is 11.1 Å². The third-order valence-corrected chi connectivity index (χ3v) is 6.26. The maximum atomic E-state index is 12.9. The number of likely N-dealkylation sites (tertiary alicyclic amines) is 1. The number of aromatic nitrogens is 1. The van der Waals surface area contributed by atoms with Gasteiger partial charge in [-0.15, -0.1) is 11.3 Å². The number of aliphatic hydroxyl groups excluding tert-OH is 1. The molecule has 166 valence electrons. The zero-order valence-corrected chi connectivity index (χ0v) is 18.4. The summed E-state index contributed by atoms with van der Waals surface area (Å²) in [7, 11) is 0. The Morgan fingerprint density at radius 1 is 1.29 bits per heavy atom. The summed E-state index contributed by atoms with van der Waals surface area (Å²) in [6, 6.07) is 6.68. The number of primary amides is 1. The van der Waals surface area contributed by atoms with Gasteiger partial charge in [-0.25, -0.2) is 9.78 Å². The number of nitrogens with one attached hydrogen (secondary N) is 1. The fraction of sp³-hybridized carbons (Fsp3) is 0.429. The predicted octanol–water partition coefficient (Wildman–Crippen LogP) is 1.74. The van der Waals surface area contributed by atoms with E-state index in [-0.39, 0.29) is 24.9 Å². The quantitative estimate of drug-likeness (QED) is 0.619. The smallest absolute Gasteiger partial charge is 0.405 e. The van der Waals surface area contributed by atoms with Crippen molar-refractivity contribution in [1.29, 1.82) is 0 Å². The Morgan fingerprint density at radius 2 is 1.97 bits per heavy atom. The van der Waals surface area contributed by atoms with Crippen molar-refractivity contribution in [2.24, 2.45) is 5.73 Å². The summed E-state index contributed by atoms with van der Waals surface area (Å²) < 4.78 is 4.72. The highest BCUT2D eigenvalue weighted by Crippen LogP contribution is 2.28. The molecule has 2 unspecified atom stereocenters. The second-order valence-electron chi connectivity index (χ2n) is 7.59. The van der Waals surface area contributed by atoms with E-state index in [9.17, 15) is 19.5 Å². The largest absolute Gasteiger partial charge is 0.437 e. The Balaban J connectivity index is 1.67. The number of benzene rings is 1. The van der Waals surface area contributed by atoms with E-state index in [2.05, 4.69) is 10.3 Å². The van der Waals surface area contributed by atoms with Gasteiger partial charge in [0.15, 0.2) is 6.10 Å². The number of nitrogens with two attached hydrogens (primary N) is 1. The Hall–Kier alpha value is -2.98. The number of ether oxygens (including phenoxy) is 1. The lowest BCUT2D eigenvalue weighted by molar-refractivity contribution is -0.144. The molecule has 1 fully saturated rings. The summed E-state index contributed by atoms with van der Waals surface area (Å²) in [6.07, 6.45) is -2.94. The zero-order valence-electron chi connectivity index (χ0n) is 17.6. The number of thiazole rings is 1. The predicted molar refractivity (Wildman–Crippen MR) is 115 cm³/mol. The number of carbonyl (C=O) groups is 3. The van der Waals surface area contributed by atoms with Crippen molar-refractivity contribution in [3.63, 3.8) is 0 Å². The minimum absolute atomic E-state index is 0.0132. The molecule has 1 aromatic carbocycles. The fourth-order valence-electron chi connectivity index (χ4n) is 3.66. The maximum Gasteiger partial charge on any atom is 0.405 e. The number of β-amino-alcohol motifs (C(OH)–C–C–N with tert-alkyl or cyclic N) is 1. The van der Waals surface area contributed by atoms with E-state index in [0.717, 1.165) is 21.7 Å². The Morgan fingerprint density at radius 3 is 2.55 bits per heavy atom. The van der Waals surface area contributed by atoms with Crippen molar-refractivity contribution < 1.29 is 24.2 Å². The Labute approximate surface area is 184 Å². The van der Waals surface area contributed by atoms with Gasteiger partial charge in [0.2, 0.25) is 5.91 Å². The lowest BCUT2D eigenvalue weighted by Crippen LogP contribution is -2.50. The zero-order chi connectivity index (χ0) is 22.7. The minimum Gasteiger partial charge on any atom is -0.437 e. The van der Waals surface area contributed by atoms with Crippen molar-refractivity contribution >= 4 is 29.2 Å². The van der Waals surface area contributed by atoms with Crippen LogP contribution in [0.2, 0.25) is 0 Å². The lowest BCUT2D eigenvalue weighted by atomic mass is 10.0. The van der Waals surface area contributed by atoms with Gasteiger partial charge in [0.25, 0.3) is 5.91 Å². The molecule has 1 aliphatic heterocycles. The van der Waals surface area contributed by atoms with Gasteiger partial charge < -0.3 is 25.8 Å². The number of aryl methyl sites for hydroxylation is 1. The van der Waals surface area contributed by atoms with Crippen LogP contribution in [0.25, 0.3) is 10.4 Å². The van der Waals surface area contributed by atoms with Crippen LogP contribution in [0.5, 0.6) is 0 Å². The molecule has 0 radical (unpaired) electrons. The Bertz CT molecular complexity index is 961. The van der Waals surface area contributed by atoms with Crippen LogP contribution in [0, 0.1) is 6.92 Å². The topological polar surface area (TPSA) is 135 Å². The standard InChI is InChI=1S/C21H26N4O5S/c1-11(14-4-6-15(7-5-14)18-12(2)23-10-31-18)24-19(27)17-8-16(26)9-25(17)20(28)13(3)30-21(22)29/h4-7,10-11,13,16-17,26H,8-9H2,1-3H3,(H2,22,29)(H,24,27)/t11?,13?,16-,17+/m1/s1. The molecular weight excluding hydrogens is 420 g/mol. The van der Waals surface area contributed by atoms with Gasteiger partial charge in [-0.3, -0.25) is 9.59 Å². The van der Waals surface area contributed by atoms with Crippen molar-refractivity contribution in [3.8, 4) is 10.4 Å². The third kappa shape index (κ3) is 5.20. The van der Waals surface area contributed by atoms with Gasteiger partial charge in [-0.2, -0.15) is 0 Å². The summed E-state index contributed by atoms with van der Waals surface area (Å²) in [4.78, 5) is 43.0. The average Bonchev–Trinajstić information content (AvgIpc) is 3.32. The number of amides is 3. The fourth-order valence-corrected chi connectivity index (χ4v) is 4.47. The number of rotatable bonds is 6. The van der Waals surface area contributed by atoms with E-state index in [1.807, 2.05) is 38.1 Å². The van der Waals surface area contributed by atoms with Crippen LogP contribution in [0.3, 0.4) is 0 Å². The van der Waals surface area contributed by atoms with E-state index in [4.69, 9.17) is 10.5 Å². The van der Waals surface area contributed by atoms with E-state index in [1.165, 1.54) is 11.8 Å². The monoisotopic (exact) mass is 446 g/mol. The molecule has 3 rings (SSSR count). The van der Waals surface area contributed by atoms with Crippen molar-refractivity contribution in [1.82, 2.24) is 15.2 Å². The molecule has 0 spiro atoms. The molecule has 4 N–H and O–H groups in total. The van der Waals surface area contributed by atoms with Gasteiger partial charge >= 0.3 is 6.09 Å². The number of carbonyl (C=O) groups excluding carboxylic acids is 3. The molecule has 0 bridgehead atoms. The molecule has 2 heterocycles. The molecule has 4 atom stereocenters. The van der Waals surface area contributed by atoms with E-state index in [1.54, 1.807) is 16.8 Å². The average molecular weight is 447 g/mol. The second-order valence-corrected chi connectivity index (χ2v) is 8.45. The number of hydrogen-bond donors (Lipinski definition) is 3. The second kappa shape index (κ2) is 9.44. The molecule has 1 aromatic heterocycles. The summed E-state index contributed by atoms with van der Waals surface area (Å²) in [5.74, 6) is -0.960. The first-order valence-corrected chi connectivity index (χ1v) is 10.8. The molecule has 31 heavy (non-hydrogen) atoms. The molecule has 1 aliphatic rings. The maximum absolute atomic E-state index is 12.9. The molecule has 1 saturated heterocycles. The minimum atomic E-state index is -1.14. The molecule has 0 saturated carbocycles. The van der Waals surface area contributed by atoms with Gasteiger partial charge in [-0.05, 0) is 31.9 Å². The van der Waals surface area contributed by atoms with Crippen molar-refractivity contribution in [3.05, 3.63) is 41.0 Å². The summed E-state index contributed by atoms with van der Waals surface area (Å²) in [5, 5.41) is 12.9. The van der Waals surface area contributed by atoms with Crippen LogP contribution in [0.1, 0.15) is 37.6 Å². The van der Waals surface area contributed by atoms with E-state index < -0.39 is 30.3 Å². The van der Waals surface area contributed by atoms with Crippen LogP contribution >= 0.6 is 11.3 Å². The molecule has 3 amide bonds. The van der Waals surface area contributed by atoms with Crippen molar-refractivity contribution in [2.75, 3.05) is 6.54 Å². The van der Waals surface area contributed by atoms with E-state index in [0.29, 0.717) is 0 Å². The number of aliphatic hydroxyl groups is 1. The van der Waals surface area contributed by atoms with Crippen LogP contribution in [0.15, 0.2) is 29.8 Å². The summed E-state index contributed by atoms with van der Waals surface area (Å²) >= 11 is 1.57. The molecule has 10 heteroatoms. The summed E-state index contributed by atoms with van der Waals surface area (Å²) in [6.45, 7) is 5.17. The number of nitrogens with zero attached hydrogens (tertiary/aromatic N) is 2. The first-order chi connectivity index (χ1) is 14.7. The highest BCUT2D eigenvalue weighted by atomic mass is 32.1. The Kier molecular flexibility index (Phi) is 6.91. The first kappa shape index (κ1) is 22.7. The lowest BCUT2D eigenvalue weighted by Gasteiger charge is -2.27. The molecule has 9 nitrogen and oxygen atoms in total. The van der Waals surface area contributed by atoms with Gasteiger partial charge in [0.1, 0.15) is 6.04 Å². The van der Waals surface area contributed by atoms with Gasteiger partial charge in [0.05, 0.1) is 28.2 Å². The van der Waals surface area contributed by atoms with Gasteiger partial charge in [-0.1, -0.05) is 24.3 Å². The van der Waals surface area contributed by atoms with Crippen LogP contribution in [0.4, 0.5) is 4.79 Å².